The Hall–Kier alpha value is -0.290. The third kappa shape index (κ3) is 3.13. The lowest BCUT2D eigenvalue weighted by atomic mass is 10.2. The van der Waals surface area contributed by atoms with Crippen molar-refractivity contribution in [2.75, 3.05) is 11.2 Å². The molecule has 6 heteroatoms. The Balaban J connectivity index is 2.87. The number of aryl methyl sites for hydroxylation is 1. The molecule has 0 aliphatic rings. The quantitative estimate of drug-likeness (QED) is 0.815. The molecule has 2 N–H and O–H groups in total. The molecule has 0 bridgehead atoms. The summed E-state index contributed by atoms with van der Waals surface area (Å²) in [5.74, 6) is -0.0290. The molecule has 0 aliphatic heterocycles. The van der Waals surface area contributed by atoms with E-state index in [2.05, 4.69) is 5.32 Å². The lowest BCUT2D eigenvalue weighted by Crippen LogP contribution is -2.07. The molecule has 0 amide bonds. The van der Waals surface area contributed by atoms with E-state index in [-0.39, 0.29) is 5.88 Å². The molecule has 0 radical (unpaired) electrons. The van der Waals surface area contributed by atoms with Gasteiger partial charge in [0, 0.05) is 5.69 Å². The standard InChI is InChI=1S/C8H9Cl2NO2S/c1-5-2-6(9)7(10)3-8(5)11-4-14(12)13/h2-3,11H,4H2,1H3,(H,12,13). The van der Waals surface area contributed by atoms with Crippen molar-refractivity contribution in [3.05, 3.63) is 27.7 Å². The van der Waals surface area contributed by atoms with Gasteiger partial charge in [-0.15, -0.1) is 0 Å². The summed E-state index contributed by atoms with van der Waals surface area (Å²) in [4.78, 5) is 0. The predicted octanol–water partition coefficient (Wildman–Crippen LogP) is 2.89. The minimum absolute atomic E-state index is 0.0290. The molecule has 0 spiro atoms. The number of benzene rings is 1. The molecular weight excluding hydrogens is 245 g/mol. The lowest BCUT2D eigenvalue weighted by Gasteiger charge is -2.08. The fourth-order valence-electron chi connectivity index (χ4n) is 0.976. The molecule has 14 heavy (non-hydrogen) atoms. The molecule has 0 saturated carbocycles. The summed E-state index contributed by atoms with van der Waals surface area (Å²) in [7, 11) is 0. The maximum atomic E-state index is 10.4. The van der Waals surface area contributed by atoms with Gasteiger partial charge in [-0.2, -0.15) is 0 Å². The van der Waals surface area contributed by atoms with Gasteiger partial charge in [-0.25, -0.2) is 4.21 Å². The minimum Gasteiger partial charge on any atom is -0.371 e. The Kier molecular flexibility index (Phi) is 4.19. The highest BCUT2D eigenvalue weighted by molar-refractivity contribution is 7.79. The molecular formula is C8H9Cl2NO2S. The van der Waals surface area contributed by atoms with Crippen LogP contribution in [0, 0.1) is 6.92 Å². The summed E-state index contributed by atoms with van der Waals surface area (Å²) in [6.45, 7) is 1.84. The second kappa shape index (κ2) is 4.98. The average molecular weight is 254 g/mol. The summed E-state index contributed by atoms with van der Waals surface area (Å²) < 4.78 is 19.0. The first-order valence-corrected chi connectivity index (χ1v) is 5.81. The third-order valence-corrected chi connectivity index (χ3v) is 2.77. The van der Waals surface area contributed by atoms with Crippen molar-refractivity contribution in [2.24, 2.45) is 0 Å². The first-order valence-electron chi connectivity index (χ1n) is 3.77. The van der Waals surface area contributed by atoms with Gasteiger partial charge >= 0.3 is 0 Å². The van der Waals surface area contributed by atoms with Crippen LogP contribution in [0.25, 0.3) is 0 Å². The van der Waals surface area contributed by atoms with Gasteiger partial charge in [0.2, 0.25) is 0 Å². The minimum atomic E-state index is -1.87. The van der Waals surface area contributed by atoms with Crippen LogP contribution in [0.4, 0.5) is 5.69 Å². The number of hydrogen-bond donors (Lipinski definition) is 2. The van der Waals surface area contributed by atoms with Crippen molar-refractivity contribution in [2.45, 2.75) is 6.92 Å². The fourth-order valence-corrected chi connectivity index (χ4v) is 1.64. The van der Waals surface area contributed by atoms with E-state index < -0.39 is 11.1 Å². The third-order valence-electron chi connectivity index (χ3n) is 1.65. The van der Waals surface area contributed by atoms with Crippen LogP contribution in [-0.2, 0) is 11.1 Å². The largest absolute Gasteiger partial charge is 0.371 e. The molecule has 1 rings (SSSR count). The summed E-state index contributed by atoms with van der Waals surface area (Å²) in [5, 5.41) is 3.68. The molecule has 1 aromatic carbocycles. The molecule has 3 nitrogen and oxygen atoms in total. The highest BCUT2D eigenvalue weighted by atomic mass is 35.5. The van der Waals surface area contributed by atoms with Crippen LogP contribution in [0.3, 0.4) is 0 Å². The summed E-state index contributed by atoms with van der Waals surface area (Å²) in [6, 6.07) is 3.33. The molecule has 1 aromatic rings. The van der Waals surface area contributed by atoms with E-state index in [9.17, 15) is 4.21 Å². The zero-order chi connectivity index (χ0) is 10.7. The molecule has 0 fully saturated rings. The van der Waals surface area contributed by atoms with Crippen molar-refractivity contribution < 1.29 is 8.76 Å². The van der Waals surface area contributed by atoms with Crippen molar-refractivity contribution in [1.82, 2.24) is 0 Å². The van der Waals surface area contributed by atoms with Crippen LogP contribution in [0.2, 0.25) is 10.0 Å². The maximum absolute atomic E-state index is 10.4. The first-order chi connectivity index (χ1) is 6.50. The van der Waals surface area contributed by atoms with Gasteiger partial charge in [0.25, 0.3) is 0 Å². The Morgan fingerprint density at radius 2 is 2.00 bits per heavy atom. The second-order valence-electron chi connectivity index (χ2n) is 2.72. The summed E-state index contributed by atoms with van der Waals surface area (Å²) in [6.07, 6.45) is 0. The molecule has 0 aliphatic carbocycles. The van der Waals surface area contributed by atoms with E-state index in [1.165, 1.54) is 0 Å². The van der Waals surface area contributed by atoms with E-state index in [4.69, 9.17) is 27.8 Å². The van der Waals surface area contributed by atoms with E-state index in [0.29, 0.717) is 15.7 Å². The van der Waals surface area contributed by atoms with Gasteiger partial charge in [-0.3, -0.25) is 0 Å². The molecule has 0 saturated heterocycles. The van der Waals surface area contributed by atoms with Gasteiger partial charge < -0.3 is 9.87 Å². The van der Waals surface area contributed by atoms with Crippen LogP contribution in [-0.4, -0.2) is 14.6 Å². The highest BCUT2D eigenvalue weighted by Gasteiger charge is 2.04. The maximum Gasteiger partial charge on any atom is 0.172 e. The second-order valence-corrected chi connectivity index (χ2v) is 4.47. The predicted molar refractivity (Wildman–Crippen MR) is 60.5 cm³/mol. The van der Waals surface area contributed by atoms with E-state index in [0.717, 1.165) is 5.56 Å². The first kappa shape index (κ1) is 11.8. The van der Waals surface area contributed by atoms with Crippen LogP contribution in [0.5, 0.6) is 0 Å². The Labute approximate surface area is 94.7 Å². The highest BCUT2D eigenvalue weighted by Crippen LogP contribution is 2.28. The molecule has 1 atom stereocenters. The van der Waals surface area contributed by atoms with Gasteiger partial charge in [0.15, 0.2) is 11.1 Å². The number of nitrogens with one attached hydrogen (secondary N) is 1. The number of hydrogen-bond acceptors (Lipinski definition) is 2. The normalized spacial score (nSPS) is 12.6. The smallest absolute Gasteiger partial charge is 0.172 e. The lowest BCUT2D eigenvalue weighted by molar-refractivity contribution is 0.566. The van der Waals surface area contributed by atoms with Crippen molar-refractivity contribution >= 4 is 40.0 Å². The van der Waals surface area contributed by atoms with Crippen LogP contribution in [0.1, 0.15) is 5.56 Å². The summed E-state index contributed by atoms with van der Waals surface area (Å²) >= 11 is 9.70. The zero-order valence-corrected chi connectivity index (χ0v) is 9.71. The fraction of sp³-hybridized carbons (Fsp3) is 0.250. The monoisotopic (exact) mass is 253 g/mol. The van der Waals surface area contributed by atoms with Crippen LogP contribution < -0.4 is 5.32 Å². The average Bonchev–Trinajstić information content (AvgIpc) is 2.09. The summed E-state index contributed by atoms with van der Waals surface area (Å²) in [5.41, 5.74) is 1.59. The van der Waals surface area contributed by atoms with Crippen LogP contribution >= 0.6 is 23.2 Å². The molecule has 1 unspecified atom stereocenters. The van der Waals surface area contributed by atoms with E-state index in [1.54, 1.807) is 12.1 Å². The van der Waals surface area contributed by atoms with E-state index >= 15 is 0 Å². The van der Waals surface area contributed by atoms with Gasteiger partial charge in [0.05, 0.1) is 10.0 Å². The van der Waals surface area contributed by atoms with E-state index in [1.807, 2.05) is 6.92 Å². The Morgan fingerprint density at radius 3 is 2.57 bits per heavy atom. The number of anilines is 1. The SMILES string of the molecule is Cc1cc(Cl)c(Cl)cc1NCS(=O)O. The molecule has 78 valence electrons. The molecule has 0 heterocycles. The number of rotatable bonds is 3. The number of halogens is 2. The van der Waals surface area contributed by atoms with Crippen molar-refractivity contribution in [3.8, 4) is 0 Å². The topological polar surface area (TPSA) is 49.3 Å². The zero-order valence-electron chi connectivity index (χ0n) is 7.38. The van der Waals surface area contributed by atoms with Crippen molar-refractivity contribution in [1.29, 1.82) is 0 Å². The Bertz CT molecular complexity index is 371. The van der Waals surface area contributed by atoms with Crippen molar-refractivity contribution in [3.63, 3.8) is 0 Å². The molecule has 0 aromatic heterocycles. The van der Waals surface area contributed by atoms with Gasteiger partial charge in [-0.05, 0) is 24.6 Å². The Morgan fingerprint density at radius 1 is 1.43 bits per heavy atom. The van der Waals surface area contributed by atoms with Crippen LogP contribution in [0.15, 0.2) is 12.1 Å². The van der Waals surface area contributed by atoms with Gasteiger partial charge in [-0.1, -0.05) is 23.2 Å². The van der Waals surface area contributed by atoms with Gasteiger partial charge in [0.1, 0.15) is 5.88 Å².